The van der Waals surface area contributed by atoms with Gasteiger partial charge >= 0.3 is 0 Å². The van der Waals surface area contributed by atoms with Gasteiger partial charge < -0.3 is 10.2 Å². The Labute approximate surface area is 394 Å². The van der Waals surface area contributed by atoms with Crippen molar-refractivity contribution in [3.63, 3.8) is 0 Å². The van der Waals surface area contributed by atoms with Crippen molar-refractivity contribution < 1.29 is 28.8 Å². The van der Waals surface area contributed by atoms with Gasteiger partial charge in [-0.05, 0) is 125 Å². The summed E-state index contributed by atoms with van der Waals surface area (Å²) in [5.74, 6) is -0.514. The summed E-state index contributed by atoms with van der Waals surface area (Å²) in [6.07, 6.45) is 3.15. The Bertz CT molecular complexity index is 2760. The maximum absolute atomic E-state index is 12.9. The SMILES string of the molecule is CCCc1ccc(C(=O)N(C)Cc2cccc(-c3ccc(CC4SC(=O)NC4=O)cc3)c2)cc1.Cc1cccc(C(=O)NCc2cccc(-c3ccc(CC4SC(=O)NC4=O)cc3)c2)c1C. The van der Waals surface area contributed by atoms with Crippen molar-refractivity contribution in [1.29, 1.82) is 0 Å². The van der Waals surface area contributed by atoms with Gasteiger partial charge in [-0.15, -0.1) is 0 Å². The number of nitrogens with one attached hydrogen (secondary N) is 3. The van der Waals surface area contributed by atoms with Gasteiger partial charge in [0.05, 0.1) is 10.5 Å². The highest BCUT2D eigenvalue weighted by atomic mass is 32.2. The van der Waals surface area contributed by atoms with Crippen molar-refractivity contribution in [2.24, 2.45) is 0 Å². The summed E-state index contributed by atoms with van der Waals surface area (Å²) in [6.45, 7) is 7.07. The molecule has 2 heterocycles. The molecule has 8 rings (SSSR count). The molecule has 0 saturated carbocycles. The molecule has 10 nitrogen and oxygen atoms in total. The lowest BCUT2D eigenvalue weighted by molar-refractivity contribution is -0.119. The number of aryl methyl sites for hydroxylation is 2. The fourth-order valence-electron chi connectivity index (χ4n) is 7.80. The van der Waals surface area contributed by atoms with Gasteiger partial charge in [-0.2, -0.15) is 0 Å². The molecule has 6 aromatic rings. The van der Waals surface area contributed by atoms with E-state index in [4.69, 9.17) is 0 Å². The second-order valence-electron chi connectivity index (χ2n) is 16.5. The second kappa shape index (κ2) is 21.9. The van der Waals surface area contributed by atoms with Gasteiger partial charge in [-0.1, -0.05) is 146 Å². The molecule has 2 aliphatic heterocycles. The number of carbonyl (C=O) groups excluding carboxylic acids is 6. The Morgan fingerprint density at radius 2 is 1.09 bits per heavy atom. The topological polar surface area (TPSA) is 142 Å². The minimum atomic E-state index is -0.364. The molecule has 3 N–H and O–H groups in total. The highest BCUT2D eigenvalue weighted by Gasteiger charge is 2.32. The van der Waals surface area contributed by atoms with Crippen LogP contribution in [0, 0.1) is 13.8 Å². The van der Waals surface area contributed by atoms with Crippen molar-refractivity contribution >= 4 is 57.6 Å². The molecule has 66 heavy (non-hydrogen) atoms. The van der Waals surface area contributed by atoms with E-state index in [0.29, 0.717) is 37.1 Å². The predicted molar refractivity (Wildman–Crippen MR) is 264 cm³/mol. The van der Waals surface area contributed by atoms with Crippen LogP contribution in [0.2, 0.25) is 0 Å². The molecule has 2 fully saturated rings. The Hall–Kier alpha value is -6.76. The van der Waals surface area contributed by atoms with Gasteiger partial charge in [-0.25, -0.2) is 0 Å². The molecule has 0 spiro atoms. The summed E-state index contributed by atoms with van der Waals surface area (Å²) in [5.41, 5.74) is 13.1. The van der Waals surface area contributed by atoms with E-state index in [9.17, 15) is 28.8 Å². The summed E-state index contributed by atoms with van der Waals surface area (Å²) in [6, 6.07) is 45.9. The Balaban J connectivity index is 0.000000197. The second-order valence-corrected chi connectivity index (χ2v) is 18.9. The Morgan fingerprint density at radius 1 is 0.591 bits per heavy atom. The van der Waals surface area contributed by atoms with Crippen molar-refractivity contribution in [3.05, 3.63) is 190 Å². The van der Waals surface area contributed by atoms with Crippen LogP contribution in [0.5, 0.6) is 0 Å². The fourth-order valence-corrected chi connectivity index (χ4v) is 9.52. The first-order chi connectivity index (χ1) is 31.8. The van der Waals surface area contributed by atoms with E-state index in [0.717, 1.165) is 92.0 Å². The number of hydrogen-bond donors (Lipinski definition) is 3. The molecule has 0 radical (unpaired) electrons. The third-order valence-corrected chi connectivity index (χ3v) is 13.6. The molecule has 6 aromatic carbocycles. The molecule has 0 bridgehead atoms. The zero-order valence-electron chi connectivity index (χ0n) is 37.4. The van der Waals surface area contributed by atoms with Crippen molar-refractivity contribution in [2.75, 3.05) is 7.05 Å². The maximum Gasteiger partial charge on any atom is 0.286 e. The number of hydrogen-bond acceptors (Lipinski definition) is 8. The lowest BCUT2D eigenvalue weighted by Crippen LogP contribution is -2.26. The first kappa shape index (κ1) is 47.2. The van der Waals surface area contributed by atoms with Crippen molar-refractivity contribution in [3.8, 4) is 22.3 Å². The lowest BCUT2D eigenvalue weighted by atomic mass is 10.00. The smallest absolute Gasteiger partial charge is 0.286 e. The summed E-state index contributed by atoms with van der Waals surface area (Å²) < 4.78 is 0. The van der Waals surface area contributed by atoms with Crippen LogP contribution in [0.4, 0.5) is 9.59 Å². The molecule has 6 amide bonds. The largest absolute Gasteiger partial charge is 0.348 e. The van der Waals surface area contributed by atoms with Crippen LogP contribution in [0.3, 0.4) is 0 Å². The van der Waals surface area contributed by atoms with E-state index in [1.54, 1.807) is 4.90 Å². The molecule has 2 atom stereocenters. The van der Waals surface area contributed by atoms with Crippen LogP contribution >= 0.6 is 23.5 Å². The number of benzene rings is 6. The molecular weight excluding hydrogens is 865 g/mol. The summed E-state index contributed by atoms with van der Waals surface area (Å²) in [5, 5.41) is 6.38. The van der Waals surface area contributed by atoms with Crippen LogP contribution in [-0.4, -0.2) is 56.6 Å². The molecule has 2 saturated heterocycles. The fraction of sp³-hybridized carbons (Fsp3) is 0.222. The summed E-state index contributed by atoms with van der Waals surface area (Å²) in [4.78, 5) is 73.5. The van der Waals surface area contributed by atoms with Crippen molar-refractivity contribution in [1.82, 2.24) is 20.9 Å². The van der Waals surface area contributed by atoms with Gasteiger partial charge in [0.1, 0.15) is 0 Å². The predicted octanol–water partition coefficient (Wildman–Crippen LogP) is 10.3. The molecule has 2 unspecified atom stereocenters. The third-order valence-electron chi connectivity index (χ3n) is 11.6. The van der Waals surface area contributed by atoms with Gasteiger partial charge in [0, 0.05) is 31.3 Å². The van der Waals surface area contributed by atoms with Gasteiger partial charge in [0.25, 0.3) is 22.3 Å². The highest BCUT2D eigenvalue weighted by Crippen LogP contribution is 2.28. The van der Waals surface area contributed by atoms with Gasteiger partial charge in [0.2, 0.25) is 11.8 Å². The van der Waals surface area contributed by atoms with Crippen LogP contribution in [0.25, 0.3) is 22.3 Å². The lowest BCUT2D eigenvalue weighted by Gasteiger charge is -2.18. The zero-order valence-corrected chi connectivity index (χ0v) is 39.0. The number of amides is 6. The van der Waals surface area contributed by atoms with E-state index < -0.39 is 0 Å². The van der Waals surface area contributed by atoms with Gasteiger partial charge in [-0.3, -0.25) is 39.4 Å². The molecule has 0 aromatic heterocycles. The average Bonchev–Trinajstić information content (AvgIpc) is 3.82. The van der Waals surface area contributed by atoms with Crippen LogP contribution in [0.15, 0.2) is 140 Å². The first-order valence-corrected chi connectivity index (χ1v) is 23.7. The quantitative estimate of drug-likeness (QED) is 0.0981. The molecule has 0 aliphatic carbocycles. The first-order valence-electron chi connectivity index (χ1n) is 21.9. The number of carbonyl (C=O) groups is 6. The van der Waals surface area contributed by atoms with E-state index in [1.165, 1.54) is 5.56 Å². The van der Waals surface area contributed by atoms with Crippen LogP contribution in [0.1, 0.15) is 73.0 Å². The number of imide groups is 2. The molecular formula is C54H52N4O6S2. The number of rotatable bonds is 14. The van der Waals surface area contributed by atoms with Crippen molar-refractivity contribution in [2.45, 2.75) is 70.0 Å². The third kappa shape index (κ3) is 12.3. The monoisotopic (exact) mass is 916 g/mol. The average molecular weight is 917 g/mol. The molecule has 2 aliphatic rings. The van der Waals surface area contributed by atoms with E-state index in [1.807, 2.05) is 148 Å². The van der Waals surface area contributed by atoms with Crippen LogP contribution < -0.4 is 16.0 Å². The van der Waals surface area contributed by atoms with E-state index in [-0.39, 0.29) is 44.6 Å². The minimum absolute atomic E-state index is 0.00473. The summed E-state index contributed by atoms with van der Waals surface area (Å²) in [7, 11) is 1.83. The maximum atomic E-state index is 12.9. The van der Waals surface area contributed by atoms with Crippen LogP contribution in [-0.2, 0) is 41.9 Å². The van der Waals surface area contributed by atoms with E-state index in [2.05, 4.69) is 35.0 Å². The molecule has 12 heteroatoms. The normalized spacial score (nSPS) is 15.4. The number of thioether (sulfide) groups is 2. The highest BCUT2D eigenvalue weighted by molar-refractivity contribution is 8.15. The minimum Gasteiger partial charge on any atom is -0.348 e. The zero-order chi connectivity index (χ0) is 46.7. The summed E-state index contributed by atoms with van der Waals surface area (Å²) >= 11 is 2.09. The Kier molecular flexibility index (Phi) is 15.7. The molecule has 336 valence electrons. The van der Waals surface area contributed by atoms with E-state index >= 15 is 0 Å². The number of nitrogens with zero attached hydrogens (tertiary/aromatic N) is 1. The Morgan fingerprint density at radius 3 is 1.61 bits per heavy atom. The van der Waals surface area contributed by atoms with Gasteiger partial charge in [0.15, 0.2) is 0 Å². The standard InChI is InChI=1S/C28H28N2O3S.C26H24N2O3S/c1-3-5-19-8-14-23(15-9-19)27(32)30(2)18-21-6-4-7-24(16-21)22-12-10-20(11-13-22)17-25-26(31)29-28(33)34-25;1-16-5-3-8-22(17(16)2)24(29)27-15-19-6-4-7-21(13-19)20-11-9-18(10-12-20)14-23-25(30)28-26(31)32-23/h4,6-16,25H,3,5,17-18H2,1-2H3,(H,29,31,33);3-13,23H,14-15H2,1-2H3,(H,27,29)(H,28,30,31).